The van der Waals surface area contributed by atoms with E-state index in [4.69, 9.17) is 0 Å². The number of anilines is 2. The second-order valence-electron chi connectivity index (χ2n) is 10.5. The Bertz CT molecular complexity index is 1340. The third kappa shape index (κ3) is 5.06. The minimum absolute atomic E-state index is 0.0138. The van der Waals surface area contributed by atoms with Gasteiger partial charge in [0.2, 0.25) is 5.91 Å². The Labute approximate surface area is 206 Å². The van der Waals surface area contributed by atoms with Crippen molar-refractivity contribution in [3.63, 3.8) is 0 Å². The summed E-state index contributed by atoms with van der Waals surface area (Å²) in [4.78, 5) is 27.4. The molecule has 180 valence electrons. The lowest BCUT2D eigenvalue weighted by Gasteiger charge is -2.34. The highest BCUT2D eigenvalue weighted by atomic mass is 16.1. The van der Waals surface area contributed by atoms with Gasteiger partial charge in [0.15, 0.2) is 0 Å². The van der Waals surface area contributed by atoms with Crippen LogP contribution in [0.3, 0.4) is 0 Å². The summed E-state index contributed by atoms with van der Waals surface area (Å²) in [5.74, 6) is 1.41. The van der Waals surface area contributed by atoms with E-state index in [1.54, 1.807) is 6.33 Å². The van der Waals surface area contributed by atoms with Crippen molar-refractivity contribution in [1.29, 1.82) is 0 Å². The number of fused-ring (bicyclic) bond motifs is 1. The summed E-state index contributed by atoms with van der Waals surface area (Å²) in [5, 5.41) is 4.21. The Morgan fingerprint density at radius 1 is 1.11 bits per heavy atom. The Hall–Kier alpha value is -3.67. The first-order valence-electron chi connectivity index (χ1n) is 12.4. The fourth-order valence-electron chi connectivity index (χ4n) is 5.14. The maximum absolute atomic E-state index is 12.9. The highest BCUT2D eigenvalue weighted by Crippen LogP contribution is 2.33. The zero-order valence-corrected chi connectivity index (χ0v) is 20.7. The molecule has 0 saturated carbocycles. The van der Waals surface area contributed by atoms with E-state index >= 15 is 0 Å². The van der Waals surface area contributed by atoms with Gasteiger partial charge in [-0.3, -0.25) is 4.79 Å². The Morgan fingerprint density at radius 3 is 2.83 bits per heavy atom. The standard InChI is InChI=1S/C29H33N5O/c1-29(2,3)24-11-4-5-12-25(24)33-26(35)17-20-8-6-9-21(16-20)22-10-7-15-34(18-22)28-23-13-14-30-27(23)31-19-32-28/h4-6,8-9,11-14,16,19,22H,7,10,15,17-18H2,1-3H3,(H,33,35)(H,30,31,32). The smallest absolute Gasteiger partial charge is 0.228 e. The second-order valence-corrected chi connectivity index (χ2v) is 10.5. The molecule has 4 aromatic rings. The zero-order chi connectivity index (χ0) is 24.4. The van der Waals surface area contributed by atoms with E-state index in [9.17, 15) is 4.79 Å². The van der Waals surface area contributed by atoms with E-state index in [-0.39, 0.29) is 11.3 Å². The summed E-state index contributed by atoms with van der Waals surface area (Å²) >= 11 is 0. The maximum atomic E-state index is 12.9. The van der Waals surface area contributed by atoms with E-state index in [2.05, 4.69) is 70.2 Å². The molecule has 2 aromatic heterocycles. The average Bonchev–Trinajstić information content (AvgIpc) is 3.33. The molecule has 1 saturated heterocycles. The lowest BCUT2D eigenvalue weighted by atomic mass is 9.86. The van der Waals surface area contributed by atoms with Gasteiger partial charge in [0.25, 0.3) is 0 Å². The average molecular weight is 468 g/mol. The van der Waals surface area contributed by atoms with Gasteiger partial charge in [0.1, 0.15) is 17.8 Å². The van der Waals surface area contributed by atoms with Crippen molar-refractivity contribution in [3.8, 4) is 0 Å². The molecule has 1 fully saturated rings. The summed E-state index contributed by atoms with van der Waals surface area (Å²) < 4.78 is 0. The molecule has 2 aromatic carbocycles. The van der Waals surface area contributed by atoms with Gasteiger partial charge in [-0.25, -0.2) is 9.97 Å². The molecule has 3 heterocycles. The summed E-state index contributed by atoms with van der Waals surface area (Å²) in [7, 11) is 0. The number of amides is 1. The number of hydrogen-bond acceptors (Lipinski definition) is 4. The van der Waals surface area contributed by atoms with Crippen LogP contribution >= 0.6 is 0 Å². The molecule has 5 rings (SSSR count). The number of rotatable bonds is 5. The first-order valence-corrected chi connectivity index (χ1v) is 12.4. The van der Waals surface area contributed by atoms with Crippen LogP contribution in [0.25, 0.3) is 11.0 Å². The van der Waals surface area contributed by atoms with Gasteiger partial charge in [-0.2, -0.15) is 0 Å². The van der Waals surface area contributed by atoms with Gasteiger partial charge in [-0.05, 0) is 47.1 Å². The zero-order valence-electron chi connectivity index (χ0n) is 20.7. The lowest BCUT2D eigenvalue weighted by molar-refractivity contribution is -0.115. The number of carbonyl (C=O) groups is 1. The molecular weight excluding hydrogens is 434 g/mol. The topological polar surface area (TPSA) is 73.9 Å². The molecule has 1 amide bonds. The van der Waals surface area contributed by atoms with Gasteiger partial charge < -0.3 is 15.2 Å². The quantitative estimate of drug-likeness (QED) is 0.388. The Kier molecular flexibility index (Phi) is 6.29. The van der Waals surface area contributed by atoms with Crippen LogP contribution in [0.5, 0.6) is 0 Å². The summed E-state index contributed by atoms with van der Waals surface area (Å²) in [6.45, 7) is 8.39. The highest BCUT2D eigenvalue weighted by molar-refractivity contribution is 5.93. The van der Waals surface area contributed by atoms with Gasteiger partial charge in [0.05, 0.1) is 11.8 Å². The second kappa shape index (κ2) is 9.53. The van der Waals surface area contributed by atoms with Crippen molar-refractivity contribution in [2.45, 2.75) is 51.4 Å². The SMILES string of the molecule is CC(C)(C)c1ccccc1NC(=O)Cc1cccc(C2CCCN(c3ncnc4[nH]ccc34)C2)c1. The molecule has 35 heavy (non-hydrogen) atoms. The van der Waals surface area contributed by atoms with Crippen LogP contribution in [-0.4, -0.2) is 33.9 Å². The molecular formula is C29H33N5O. The highest BCUT2D eigenvalue weighted by Gasteiger charge is 2.24. The third-order valence-corrected chi connectivity index (χ3v) is 6.85. The summed E-state index contributed by atoms with van der Waals surface area (Å²) in [6, 6.07) is 18.6. The van der Waals surface area contributed by atoms with Crippen molar-refractivity contribution < 1.29 is 4.79 Å². The Balaban J connectivity index is 1.29. The van der Waals surface area contributed by atoms with Gasteiger partial charge in [-0.1, -0.05) is 63.2 Å². The Morgan fingerprint density at radius 2 is 1.97 bits per heavy atom. The first kappa shape index (κ1) is 23.1. The number of benzene rings is 2. The van der Waals surface area contributed by atoms with E-state index in [1.807, 2.05) is 36.5 Å². The minimum Gasteiger partial charge on any atom is -0.355 e. The monoisotopic (exact) mass is 467 g/mol. The van der Waals surface area contributed by atoms with Gasteiger partial charge in [-0.15, -0.1) is 0 Å². The molecule has 0 bridgehead atoms. The van der Waals surface area contributed by atoms with Crippen LogP contribution in [0, 0.1) is 0 Å². The van der Waals surface area contributed by atoms with Gasteiger partial charge >= 0.3 is 0 Å². The van der Waals surface area contributed by atoms with Crippen LogP contribution in [-0.2, 0) is 16.6 Å². The van der Waals surface area contributed by atoms with E-state index in [0.29, 0.717) is 12.3 Å². The number of nitrogens with one attached hydrogen (secondary N) is 2. The van der Waals surface area contributed by atoms with E-state index < -0.39 is 0 Å². The molecule has 0 radical (unpaired) electrons. The lowest BCUT2D eigenvalue weighted by Crippen LogP contribution is -2.35. The predicted octanol–water partition coefficient (Wildman–Crippen LogP) is 5.82. The van der Waals surface area contributed by atoms with E-state index in [1.165, 1.54) is 5.56 Å². The third-order valence-electron chi connectivity index (χ3n) is 6.85. The van der Waals surface area contributed by atoms with Crippen molar-refractivity contribution in [2.24, 2.45) is 0 Å². The molecule has 0 aliphatic carbocycles. The molecule has 2 N–H and O–H groups in total. The van der Waals surface area contributed by atoms with Crippen molar-refractivity contribution in [2.75, 3.05) is 23.3 Å². The number of nitrogens with zero attached hydrogens (tertiary/aromatic N) is 3. The number of carbonyl (C=O) groups excluding carboxylic acids is 1. The molecule has 0 spiro atoms. The molecule has 6 heteroatoms. The van der Waals surface area contributed by atoms with Crippen LogP contribution in [0.2, 0.25) is 0 Å². The van der Waals surface area contributed by atoms with Crippen molar-refractivity contribution in [1.82, 2.24) is 15.0 Å². The molecule has 1 aliphatic heterocycles. The predicted molar refractivity (Wildman–Crippen MR) is 142 cm³/mol. The van der Waals surface area contributed by atoms with Crippen LogP contribution < -0.4 is 10.2 Å². The van der Waals surface area contributed by atoms with Gasteiger partial charge in [0, 0.05) is 30.9 Å². The number of hydrogen-bond donors (Lipinski definition) is 2. The number of piperidine rings is 1. The largest absolute Gasteiger partial charge is 0.355 e. The minimum atomic E-state index is -0.0354. The van der Waals surface area contributed by atoms with Crippen LogP contribution in [0.4, 0.5) is 11.5 Å². The fraction of sp³-hybridized carbons (Fsp3) is 0.345. The van der Waals surface area contributed by atoms with Crippen LogP contribution in [0.1, 0.15) is 56.2 Å². The maximum Gasteiger partial charge on any atom is 0.228 e. The van der Waals surface area contributed by atoms with Crippen molar-refractivity contribution >= 4 is 28.4 Å². The molecule has 1 unspecified atom stereocenters. The number of aromatic amines is 1. The summed E-state index contributed by atoms with van der Waals surface area (Å²) in [6.07, 6.45) is 6.15. The summed E-state index contributed by atoms with van der Waals surface area (Å²) in [5.41, 5.74) is 5.20. The number of H-pyrrole nitrogens is 1. The number of aromatic nitrogens is 3. The first-order chi connectivity index (χ1) is 16.9. The fourth-order valence-corrected chi connectivity index (χ4v) is 5.14. The molecule has 1 atom stereocenters. The van der Waals surface area contributed by atoms with Crippen LogP contribution in [0.15, 0.2) is 67.1 Å². The number of para-hydroxylation sites is 1. The van der Waals surface area contributed by atoms with E-state index in [0.717, 1.165) is 59.6 Å². The van der Waals surface area contributed by atoms with Crippen molar-refractivity contribution in [3.05, 3.63) is 83.8 Å². The molecule has 1 aliphatic rings. The molecule has 6 nitrogen and oxygen atoms in total. The normalized spacial score (nSPS) is 16.4.